The molecule has 0 fully saturated rings. The summed E-state index contributed by atoms with van der Waals surface area (Å²) in [6.07, 6.45) is 2.56. The number of carbonyl (C=O) groups is 1. The van der Waals surface area contributed by atoms with Gasteiger partial charge in [0.05, 0.1) is 12.2 Å². The van der Waals surface area contributed by atoms with Crippen molar-refractivity contribution >= 4 is 17.3 Å². The summed E-state index contributed by atoms with van der Waals surface area (Å²) in [5.74, 6) is -0.859. The first-order chi connectivity index (χ1) is 9.61. The first-order valence-electron chi connectivity index (χ1n) is 6.31. The van der Waals surface area contributed by atoms with Gasteiger partial charge in [0.25, 0.3) is 0 Å². The van der Waals surface area contributed by atoms with Gasteiger partial charge in [0.2, 0.25) is 0 Å². The van der Waals surface area contributed by atoms with E-state index in [4.69, 9.17) is 10.8 Å². The number of rotatable bonds is 7. The number of nitrogens with two attached hydrogens (primary N) is 1. The number of carboxylic acids is 1. The second-order valence-electron chi connectivity index (χ2n) is 4.55. The summed E-state index contributed by atoms with van der Waals surface area (Å²) in [7, 11) is 1.78. The lowest BCUT2D eigenvalue weighted by atomic mass is 10.2. The van der Waals surface area contributed by atoms with Crippen molar-refractivity contribution in [2.24, 2.45) is 5.73 Å². The van der Waals surface area contributed by atoms with Gasteiger partial charge >= 0.3 is 5.97 Å². The van der Waals surface area contributed by atoms with Gasteiger partial charge in [0.15, 0.2) is 0 Å². The van der Waals surface area contributed by atoms with Gasteiger partial charge in [-0.25, -0.2) is 4.98 Å². The molecule has 0 spiro atoms. The number of carboxylic acid groups (broad SMARTS) is 1. The Kier molecular flexibility index (Phi) is 4.89. The van der Waals surface area contributed by atoms with Crippen molar-refractivity contribution in [1.82, 2.24) is 14.9 Å². The molecule has 2 aromatic rings. The number of aliphatic carboxylic acids is 1. The zero-order chi connectivity index (χ0) is 14.5. The lowest BCUT2D eigenvalue weighted by Crippen LogP contribution is -2.31. The van der Waals surface area contributed by atoms with Crippen LogP contribution in [-0.4, -0.2) is 46.1 Å². The molecule has 0 aromatic carbocycles. The van der Waals surface area contributed by atoms with E-state index in [1.807, 2.05) is 23.7 Å². The largest absolute Gasteiger partial charge is 0.480 e. The summed E-state index contributed by atoms with van der Waals surface area (Å²) in [6, 6.07) is 3.65. The van der Waals surface area contributed by atoms with Crippen molar-refractivity contribution in [3.05, 3.63) is 40.1 Å². The number of H-pyrrole nitrogens is 1. The highest BCUT2D eigenvalue weighted by molar-refractivity contribution is 7.09. The number of thiazole rings is 1. The topological polar surface area (TPSA) is 95.2 Å². The molecule has 0 saturated carbocycles. The zero-order valence-electron chi connectivity index (χ0n) is 11.2. The van der Waals surface area contributed by atoms with Gasteiger partial charge in [0, 0.05) is 23.7 Å². The molecule has 0 radical (unpaired) electrons. The minimum atomic E-state index is -0.859. The van der Waals surface area contributed by atoms with Crippen LogP contribution < -0.4 is 5.73 Å². The van der Waals surface area contributed by atoms with Crippen LogP contribution in [0.1, 0.15) is 22.4 Å². The van der Waals surface area contributed by atoms with E-state index in [-0.39, 0.29) is 12.6 Å². The standard InChI is InChI=1S/C13H18N4O2S/c1-17(7-11(18)19)12(10-3-2-6-15-10)13-16-9(4-5-14)8-20-13/h2-3,6,8,12,15H,4-5,7,14H2,1H3,(H,18,19). The molecule has 2 aromatic heterocycles. The maximum Gasteiger partial charge on any atom is 0.317 e. The summed E-state index contributed by atoms with van der Waals surface area (Å²) < 4.78 is 0. The van der Waals surface area contributed by atoms with Crippen LogP contribution in [0.3, 0.4) is 0 Å². The van der Waals surface area contributed by atoms with E-state index >= 15 is 0 Å². The molecule has 0 amide bonds. The molecule has 4 N–H and O–H groups in total. The normalized spacial score (nSPS) is 12.8. The van der Waals surface area contributed by atoms with Gasteiger partial charge in [0.1, 0.15) is 11.0 Å². The molecule has 0 aliphatic heterocycles. The predicted octanol–water partition coefficient (Wildman–Crippen LogP) is 1.08. The third-order valence-electron chi connectivity index (χ3n) is 2.95. The number of nitrogens with one attached hydrogen (secondary N) is 1. The van der Waals surface area contributed by atoms with Crippen LogP contribution in [0.25, 0.3) is 0 Å². The Bertz CT molecular complexity index is 552. The van der Waals surface area contributed by atoms with Crippen molar-refractivity contribution in [2.45, 2.75) is 12.5 Å². The van der Waals surface area contributed by atoms with Crippen molar-refractivity contribution in [2.75, 3.05) is 20.1 Å². The number of aromatic nitrogens is 2. The molecule has 0 bridgehead atoms. The van der Waals surface area contributed by atoms with E-state index in [1.165, 1.54) is 11.3 Å². The quantitative estimate of drug-likeness (QED) is 0.710. The van der Waals surface area contributed by atoms with Gasteiger partial charge in [-0.2, -0.15) is 0 Å². The average molecular weight is 294 g/mol. The molecule has 0 aliphatic rings. The second kappa shape index (κ2) is 6.65. The van der Waals surface area contributed by atoms with E-state index in [9.17, 15) is 4.79 Å². The van der Waals surface area contributed by atoms with E-state index in [1.54, 1.807) is 11.9 Å². The van der Waals surface area contributed by atoms with Crippen LogP contribution in [0.15, 0.2) is 23.7 Å². The first-order valence-corrected chi connectivity index (χ1v) is 7.19. The number of likely N-dealkylation sites (N-methyl/N-ethyl adjacent to an activating group) is 1. The average Bonchev–Trinajstić information content (AvgIpc) is 3.01. The molecule has 7 heteroatoms. The zero-order valence-corrected chi connectivity index (χ0v) is 12.1. The third kappa shape index (κ3) is 3.44. The Hall–Kier alpha value is -1.70. The smallest absolute Gasteiger partial charge is 0.317 e. The SMILES string of the molecule is CN(CC(=O)O)C(c1ccc[nH]1)c1nc(CCN)cs1. The highest BCUT2D eigenvalue weighted by Crippen LogP contribution is 2.29. The molecule has 0 saturated heterocycles. The van der Waals surface area contributed by atoms with Crippen LogP contribution in [0, 0.1) is 0 Å². The van der Waals surface area contributed by atoms with E-state index in [2.05, 4.69) is 9.97 Å². The minimum Gasteiger partial charge on any atom is -0.480 e. The summed E-state index contributed by atoms with van der Waals surface area (Å²) in [5.41, 5.74) is 7.42. The van der Waals surface area contributed by atoms with E-state index < -0.39 is 5.97 Å². The Balaban J connectivity index is 2.28. The van der Waals surface area contributed by atoms with Crippen molar-refractivity contribution in [3.63, 3.8) is 0 Å². The summed E-state index contributed by atoms with van der Waals surface area (Å²) >= 11 is 1.53. The molecule has 6 nitrogen and oxygen atoms in total. The Morgan fingerprint density at radius 1 is 1.65 bits per heavy atom. The highest BCUT2D eigenvalue weighted by atomic mass is 32.1. The lowest BCUT2D eigenvalue weighted by Gasteiger charge is -2.24. The molecule has 2 heterocycles. The molecule has 108 valence electrons. The van der Waals surface area contributed by atoms with Gasteiger partial charge in [-0.3, -0.25) is 9.69 Å². The molecule has 1 unspecified atom stereocenters. The molecule has 2 rings (SSSR count). The Morgan fingerprint density at radius 2 is 2.45 bits per heavy atom. The van der Waals surface area contributed by atoms with E-state index in [0.29, 0.717) is 6.54 Å². The minimum absolute atomic E-state index is 0.0461. The van der Waals surface area contributed by atoms with Gasteiger partial charge in [-0.05, 0) is 25.7 Å². The van der Waals surface area contributed by atoms with Crippen LogP contribution in [0.2, 0.25) is 0 Å². The van der Waals surface area contributed by atoms with Crippen LogP contribution in [0.5, 0.6) is 0 Å². The van der Waals surface area contributed by atoms with Gasteiger partial charge < -0.3 is 15.8 Å². The van der Waals surface area contributed by atoms with Crippen molar-refractivity contribution in [1.29, 1.82) is 0 Å². The predicted molar refractivity (Wildman–Crippen MR) is 77.8 cm³/mol. The van der Waals surface area contributed by atoms with Crippen LogP contribution >= 0.6 is 11.3 Å². The second-order valence-corrected chi connectivity index (χ2v) is 5.44. The fourth-order valence-electron chi connectivity index (χ4n) is 2.09. The summed E-state index contributed by atoms with van der Waals surface area (Å²) in [6.45, 7) is 0.511. The van der Waals surface area contributed by atoms with E-state index in [0.717, 1.165) is 22.8 Å². The summed E-state index contributed by atoms with van der Waals surface area (Å²) in [5, 5.41) is 11.8. The molecule has 20 heavy (non-hydrogen) atoms. The maximum atomic E-state index is 10.9. The van der Waals surface area contributed by atoms with Crippen LogP contribution in [-0.2, 0) is 11.2 Å². The lowest BCUT2D eigenvalue weighted by molar-refractivity contribution is -0.138. The number of nitrogens with zero attached hydrogens (tertiary/aromatic N) is 2. The number of hydrogen-bond acceptors (Lipinski definition) is 5. The molecular weight excluding hydrogens is 276 g/mol. The fourth-order valence-corrected chi connectivity index (χ4v) is 3.12. The van der Waals surface area contributed by atoms with Gasteiger partial charge in [-0.15, -0.1) is 11.3 Å². The first kappa shape index (κ1) is 14.7. The molecular formula is C13H18N4O2S. The molecule has 0 aliphatic carbocycles. The highest BCUT2D eigenvalue weighted by Gasteiger charge is 2.24. The Morgan fingerprint density at radius 3 is 3.05 bits per heavy atom. The van der Waals surface area contributed by atoms with Crippen molar-refractivity contribution in [3.8, 4) is 0 Å². The number of hydrogen-bond donors (Lipinski definition) is 3. The summed E-state index contributed by atoms with van der Waals surface area (Å²) in [4.78, 5) is 20.4. The number of aromatic amines is 1. The van der Waals surface area contributed by atoms with Gasteiger partial charge in [-0.1, -0.05) is 0 Å². The molecule has 1 atom stereocenters. The Labute approximate surface area is 121 Å². The fraction of sp³-hybridized carbons (Fsp3) is 0.385. The third-order valence-corrected chi connectivity index (χ3v) is 3.89. The maximum absolute atomic E-state index is 10.9. The monoisotopic (exact) mass is 294 g/mol. The van der Waals surface area contributed by atoms with Crippen molar-refractivity contribution < 1.29 is 9.90 Å². The van der Waals surface area contributed by atoms with Crippen LogP contribution in [0.4, 0.5) is 0 Å².